The van der Waals surface area contributed by atoms with E-state index in [4.69, 9.17) is 11.1 Å². The third kappa shape index (κ3) is 1.98. The average Bonchev–Trinajstić information content (AvgIpc) is 2.01. The van der Waals surface area contributed by atoms with E-state index in [-0.39, 0.29) is 6.07 Å². The molecule has 0 bridgehead atoms. The minimum atomic E-state index is -4.65. The second-order valence-corrected chi connectivity index (χ2v) is 2.47. The van der Waals surface area contributed by atoms with E-state index >= 15 is 0 Å². The zero-order valence-electron chi connectivity index (χ0n) is 6.69. The molecule has 0 saturated heterocycles. The number of halogens is 4. The Morgan fingerprint density at radius 1 is 1.43 bits per heavy atom. The molecule has 0 aromatic carbocycles. The van der Waals surface area contributed by atoms with Crippen molar-refractivity contribution in [3.05, 3.63) is 29.3 Å². The fraction of sp³-hybridized carbons (Fsp3) is 0.143. The summed E-state index contributed by atoms with van der Waals surface area (Å²) in [6, 6.07) is 0.254. The molecule has 0 aliphatic carbocycles. The van der Waals surface area contributed by atoms with Crippen molar-refractivity contribution in [1.29, 1.82) is 5.41 Å². The van der Waals surface area contributed by atoms with Gasteiger partial charge in [-0.25, -0.2) is 9.37 Å². The Kier molecular flexibility index (Phi) is 2.41. The second kappa shape index (κ2) is 3.24. The molecule has 0 radical (unpaired) electrons. The van der Waals surface area contributed by atoms with Crippen LogP contribution in [0.2, 0.25) is 0 Å². The van der Waals surface area contributed by atoms with Crippen molar-refractivity contribution in [2.24, 2.45) is 5.73 Å². The van der Waals surface area contributed by atoms with Crippen molar-refractivity contribution in [2.45, 2.75) is 6.18 Å². The highest BCUT2D eigenvalue weighted by Crippen LogP contribution is 2.29. The van der Waals surface area contributed by atoms with Gasteiger partial charge in [0.05, 0.1) is 5.56 Å². The molecule has 0 unspecified atom stereocenters. The Balaban J connectivity index is 3.20. The molecule has 0 fully saturated rings. The van der Waals surface area contributed by atoms with E-state index in [1.807, 2.05) is 0 Å². The van der Waals surface area contributed by atoms with Crippen molar-refractivity contribution in [3.63, 3.8) is 0 Å². The molecular formula is C7H5F4N3. The number of nitrogens with zero attached hydrogens (tertiary/aromatic N) is 1. The molecule has 76 valence electrons. The molecule has 0 aliphatic rings. The van der Waals surface area contributed by atoms with E-state index in [0.717, 1.165) is 0 Å². The average molecular weight is 207 g/mol. The summed E-state index contributed by atoms with van der Waals surface area (Å²) in [7, 11) is 0. The van der Waals surface area contributed by atoms with Gasteiger partial charge in [0.2, 0.25) is 0 Å². The molecular weight excluding hydrogens is 202 g/mol. The van der Waals surface area contributed by atoms with Crippen LogP contribution in [0.5, 0.6) is 0 Å². The first-order chi connectivity index (χ1) is 6.32. The molecule has 7 heteroatoms. The number of nitrogen functional groups attached to an aromatic ring is 1. The zero-order valence-corrected chi connectivity index (χ0v) is 6.69. The van der Waals surface area contributed by atoms with Gasteiger partial charge in [0.1, 0.15) is 11.5 Å². The van der Waals surface area contributed by atoms with Gasteiger partial charge in [0, 0.05) is 6.20 Å². The lowest BCUT2D eigenvalue weighted by molar-refractivity contribution is -0.138. The molecule has 3 nitrogen and oxygen atoms in total. The maximum atomic E-state index is 12.8. The number of hydrogen-bond donors (Lipinski definition) is 2. The molecule has 1 heterocycles. The highest BCUT2D eigenvalue weighted by Gasteiger charge is 2.32. The van der Waals surface area contributed by atoms with Gasteiger partial charge >= 0.3 is 6.18 Å². The molecule has 1 aromatic heterocycles. The second-order valence-electron chi connectivity index (χ2n) is 2.47. The quantitative estimate of drug-likeness (QED) is 0.416. The van der Waals surface area contributed by atoms with E-state index in [1.54, 1.807) is 0 Å². The van der Waals surface area contributed by atoms with Gasteiger partial charge in [-0.05, 0) is 6.07 Å². The first-order valence-electron chi connectivity index (χ1n) is 3.39. The van der Waals surface area contributed by atoms with Crippen LogP contribution in [0.3, 0.4) is 0 Å². The van der Waals surface area contributed by atoms with E-state index in [1.165, 1.54) is 0 Å². The maximum Gasteiger partial charge on any atom is 0.417 e. The predicted molar refractivity (Wildman–Crippen MR) is 40.2 cm³/mol. The standard InChI is InChI=1S/C7H5F4N3/c8-4-1-3(7(9,10)11)2-14-5(4)6(12)13/h1-2H,(H3,12,13). The summed E-state index contributed by atoms with van der Waals surface area (Å²) in [6.45, 7) is 0. The van der Waals surface area contributed by atoms with Crippen molar-refractivity contribution < 1.29 is 17.6 Å². The first kappa shape index (κ1) is 10.4. The summed E-state index contributed by atoms with van der Waals surface area (Å²) in [5.41, 5.74) is 3.08. The van der Waals surface area contributed by atoms with E-state index < -0.39 is 29.1 Å². The van der Waals surface area contributed by atoms with Crippen LogP contribution in [0, 0.1) is 11.2 Å². The Hall–Kier alpha value is -1.66. The van der Waals surface area contributed by atoms with Crippen LogP contribution in [0.15, 0.2) is 12.3 Å². The smallest absolute Gasteiger partial charge is 0.382 e. The van der Waals surface area contributed by atoms with Gasteiger partial charge in [-0.3, -0.25) is 5.41 Å². The summed E-state index contributed by atoms with van der Waals surface area (Å²) in [6.07, 6.45) is -4.22. The van der Waals surface area contributed by atoms with Crippen molar-refractivity contribution in [2.75, 3.05) is 0 Å². The van der Waals surface area contributed by atoms with Crippen LogP contribution < -0.4 is 5.73 Å². The molecule has 0 saturated carbocycles. The van der Waals surface area contributed by atoms with Crippen LogP contribution in [0.1, 0.15) is 11.3 Å². The van der Waals surface area contributed by atoms with Crippen molar-refractivity contribution in [1.82, 2.24) is 4.98 Å². The lowest BCUT2D eigenvalue weighted by Crippen LogP contribution is -2.17. The minimum absolute atomic E-state index is 0.254. The number of nitrogens with two attached hydrogens (primary N) is 1. The zero-order chi connectivity index (χ0) is 10.9. The van der Waals surface area contributed by atoms with Crippen molar-refractivity contribution >= 4 is 5.84 Å². The molecule has 14 heavy (non-hydrogen) atoms. The Morgan fingerprint density at radius 2 is 2.00 bits per heavy atom. The summed E-state index contributed by atoms with van der Waals surface area (Å²) in [5.74, 6) is -1.97. The van der Waals surface area contributed by atoms with E-state index in [2.05, 4.69) is 4.98 Å². The maximum absolute atomic E-state index is 12.8. The third-order valence-electron chi connectivity index (χ3n) is 1.42. The fourth-order valence-corrected chi connectivity index (χ4v) is 0.791. The number of pyridine rings is 1. The van der Waals surface area contributed by atoms with Gasteiger partial charge in [-0.15, -0.1) is 0 Å². The van der Waals surface area contributed by atoms with Gasteiger partial charge in [0.25, 0.3) is 0 Å². The number of amidine groups is 1. The van der Waals surface area contributed by atoms with Crippen LogP contribution >= 0.6 is 0 Å². The summed E-state index contributed by atoms with van der Waals surface area (Å²) in [5, 5.41) is 6.80. The number of rotatable bonds is 1. The molecule has 0 aliphatic heterocycles. The Labute approximate surface area is 76.1 Å². The number of hydrogen-bond acceptors (Lipinski definition) is 2. The molecule has 0 amide bonds. The molecule has 0 spiro atoms. The van der Waals surface area contributed by atoms with E-state index in [9.17, 15) is 17.6 Å². The Morgan fingerprint density at radius 3 is 2.36 bits per heavy atom. The lowest BCUT2D eigenvalue weighted by Gasteiger charge is -2.07. The van der Waals surface area contributed by atoms with Crippen LogP contribution in [0.25, 0.3) is 0 Å². The molecule has 3 N–H and O–H groups in total. The number of alkyl halides is 3. The summed E-state index contributed by atoms with van der Waals surface area (Å²) < 4.78 is 48.9. The molecule has 1 rings (SSSR count). The number of aromatic nitrogens is 1. The molecule has 1 aromatic rings. The van der Waals surface area contributed by atoms with Gasteiger partial charge < -0.3 is 5.73 Å². The largest absolute Gasteiger partial charge is 0.417 e. The number of nitrogens with one attached hydrogen (secondary N) is 1. The van der Waals surface area contributed by atoms with Gasteiger partial charge in [0.15, 0.2) is 5.82 Å². The van der Waals surface area contributed by atoms with E-state index in [0.29, 0.717) is 6.20 Å². The summed E-state index contributed by atoms with van der Waals surface area (Å²) in [4.78, 5) is 3.10. The third-order valence-corrected chi connectivity index (χ3v) is 1.42. The molecule has 0 atom stereocenters. The Bertz CT molecular complexity index is 372. The normalized spacial score (nSPS) is 11.4. The SMILES string of the molecule is N=C(N)c1ncc(C(F)(F)F)cc1F. The summed E-state index contributed by atoms with van der Waals surface area (Å²) >= 11 is 0. The van der Waals surface area contributed by atoms with Crippen LogP contribution in [0.4, 0.5) is 17.6 Å². The highest BCUT2D eigenvalue weighted by molar-refractivity contribution is 5.93. The first-order valence-corrected chi connectivity index (χ1v) is 3.39. The van der Waals surface area contributed by atoms with Crippen LogP contribution in [-0.4, -0.2) is 10.8 Å². The van der Waals surface area contributed by atoms with Gasteiger partial charge in [-0.1, -0.05) is 0 Å². The monoisotopic (exact) mass is 207 g/mol. The highest BCUT2D eigenvalue weighted by atomic mass is 19.4. The fourth-order valence-electron chi connectivity index (χ4n) is 0.791. The van der Waals surface area contributed by atoms with Gasteiger partial charge in [-0.2, -0.15) is 13.2 Å². The van der Waals surface area contributed by atoms with Crippen molar-refractivity contribution in [3.8, 4) is 0 Å². The lowest BCUT2D eigenvalue weighted by atomic mass is 10.2. The topological polar surface area (TPSA) is 62.8 Å². The predicted octanol–water partition coefficient (Wildman–Crippen LogP) is 1.52. The van der Waals surface area contributed by atoms with Crippen LogP contribution in [-0.2, 0) is 6.18 Å². The minimum Gasteiger partial charge on any atom is -0.382 e.